The molecule has 0 aromatic rings. The van der Waals surface area contributed by atoms with Crippen molar-refractivity contribution in [2.75, 3.05) is 13.2 Å². The summed E-state index contributed by atoms with van der Waals surface area (Å²) in [6.07, 6.45) is 0. The van der Waals surface area contributed by atoms with Crippen LogP contribution in [0.2, 0.25) is 0 Å². The van der Waals surface area contributed by atoms with Gasteiger partial charge >= 0.3 is 56.9 Å². The van der Waals surface area contributed by atoms with Gasteiger partial charge in [-0.05, 0) is 0 Å². The van der Waals surface area contributed by atoms with Gasteiger partial charge in [-0.15, -0.1) is 0 Å². The molecular weight excluding hydrogens is 187 g/mol. The summed E-state index contributed by atoms with van der Waals surface area (Å²) >= 11 is -4.26. The van der Waals surface area contributed by atoms with Crippen LogP contribution in [0.25, 0.3) is 0 Å². The molecule has 0 aliphatic carbocycles. The summed E-state index contributed by atoms with van der Waals surface area (Å²) in [6.45, 7) is 3.71. The summed E-state index contributed by atoms with van der Waals surface area (Å²) in [7, 11) is 0. The summed E-state index contributed by atoms with van der Waals surface area (Å²) in [4.78, 5) is 0. The monoisotopic (exact) mass is 198 g/mol. The standard InChI is InChI=1S/C4H11AsO4/c1-3-8-5(6,7)9-4-2/h3-4H2,1-2H3,(H,6,7). The van der Waals surface area contributed by atoms with Gasteiger partial charge < -0.3 is 0 Å². The first-order chi connectivity index (χ1) is 4.12. The Bertz CT molecular complexity index is 103. The molecule has 0 bridgehead atoms. The number of hydrogen-bond acceptors (Lipinski definition) is 3. The molecule has 0 aromatic carbocycles. The Labute approximate surface area is 57.5 Å². The van der Waals surface area contributed by atoms with Crippen LogP contribution in [0, 0.1) is 0 Å². The maximum atomic E-state index is 10.6. The van der Waals surface area contributed by atoms with Gasteiger partial charge in [0.05, 0.1) is 0 Å². The van der Waals surface area contributed by atoms with Gasteiger partial charge in [0.25, 0.3) is 0 Å². The minimum atomic E-state index is -4.26. The van der Waals surface area contributed by atoms with Crippen molar-refractivity contribution in [3.63, 3.8) is 0 Å². The van der Waals surface area contributed by atoms with Crippen molar-refractivity contribution in [3.05, 3.63) is 0 Å². The third-order valence-corrected chi connectivity index (χ3v) is 3.04. The Balaban J connectivity index is 3.58. The molecule has 4 nitrogen and oxygen atoms in total. The molecule has 9 heavy (non-hydrogen) atoms. The molecule has 5 heteroatoms. The Morgan fingerprint density at radius 1 is 1.33 bits per heavy atom. The van der Waals surface area contributed by atoms with Crippen LogP contribution in [-0.4, -0.2) is 31.8 Å². The zero-order valence-electron chi connectivity index (χ0n) is 5.53. The molecule has 0 saturated carbocycles. The van der Waals surface area contributed by atoms with Crippen molar-refractivity contribution in [1.82, 2.24) is 0 Å². The third kappa shape index (κ3) is 4.72. The van der Waals surface area contributed by atoms with E-state index >= 15 is 0 Å². The second-order valence-electron chi connectivity index (χ2n) is 1.30. The average Bonchev–Trinajstić information content (AvgIpc) is 1.64. The SMILES string of the molecule is CCO[As](=O)(O)OCC. The second kappa shape index (κ2) is 4.12. The van der Waals surface area contributed by atoms with E-state index in [9.17, 15) is 3.74 Å². The molecule has 0 fully saturated rings. The molecule has 0 aliphatic rings. The molecule has 0 heterocycles. The van der Waals surface area contributed by atoms with E-state index in [-0.39, 0.29) is 13.2 Å². The number of hydrogen-bond donors (Lipinski definition) is 1. The van der Waals surface area contributed by atoms with Crippen LogP contribution in [0.15, 0.2) is 0 Å². The predicted molar refractivity (Wildman–Crippen MR) is 31.9 cm³/mol. The van der Waals surface area contributed by atoms with Gasteiger partial charge in [-0.3, -0.25) is 0 Å². The fourth-order valence-electron chi connectivity index (χ4n) is 0.364. The van der Waals surface area contributed by atoms with Crippen molar-refractivity contribution in [2.45, 2.75) is 13.8 Å². The Hall–Kier alpha value is 0.238. The van der Waals surface area contributed by atoms with E-state index in [1.165, 1.54) is 0 Å². The van der Waals surface area contributed by atoms with Gasteiger partial charge in [-0.1, -0.05) is 0 Å². The first-order valence-corrected chi connectivity index (χ1v) is 5.88. The zero-order valence-corrected chi connectivity index (χ0v) is 7.41. The minimum absolute atomic E-state index is 0.215. The van der Waals surface area contributed by atoms with Gasteiger partial charge in [0.2, 0.25) is 0 Å². The van der Waals surface area contributed by atoms with E-state index < -0.39 is 14.5 Å². The third-order valence-electron chi connectivity index (χ3n) is 0.584. The van der Waals surface area contributed by atoms with Crippen molar-refractivity contribution in [2.24, 2.45) is 0 Å². The summed E-state index contributed by atoms with van der Waals surface area (Å²) in [5.41, 5.74) is 0. The van der Waals surface area contributed by atoms with E-state index in [0.717, 1.165) is 0 Å². The van der Waals surface area contributed by atoms with Crippen molar-refractivity contribution < 1.29 is 15.3 Å². The Morgan fingerprint density at radius 2 is 1.67 bits per heavy atom. The molecule has 0 aromatic heterocycles. The van der Waals surface area contributed by atoms with Crippen molar-refractivity contribution in [1.29, 1.82) is 0 Å². The Morgan fingerprint density at radius 3 is 1.89 bits per heavy atom. The van der Waals surface area contributed by atoms with Gasteiger partial charge in [-0.2, -0.15) is 0 Å². The molecule has 0 radical (unpaired) electrons. The molecule has 0 unspecified atom stereocenters. The van der Waals surface area contributed by atoms with E-state index in [4.69, 9.17) is 4.10 Å². The Kier molecular flexibility index (Phi) is 4.23. The molecule has 0 amide bonds. The first kappa shape index (κ1) is 9.24. The normalized spacial score (nSPS) is 11.9. The van der Waals surface area contributed by atoms with Gasteiger partial charge in [0, 0.05) is 0 Å². The topological polar surface area (TPSA) is 55.8 Å². The van der Waals surface area contributed by atoms with Crippen LogP contribution in [-0.2, 0) is 11.2 Å². The van der Waals surface area contributed by atoms with E-state index in [1.807, 2.05) is 0 Å². The summed E-state index contributed by atoms with van der Waals surface area (Å²) in [6, 6.07) is 0. The van der Waals surface area contributed by atoms with Crippen LogP contribution >= 0.6 is 0 Å². The van der Waals surface area contributed by atoms with E-state index in [0.29, 0.717) is 0 Å². The summed E-state index contributed by atoms with van der Waals surface area (Å²) in [5.74, 6) is 0. The molecule has 0 aliphatic heterocycles. The van der Waals surface area contributed by atoms with Crippen LogP contribution in [0.4, 0.5) is 0 Å². The number of rotatable bonds is 4. The van der Waals surface area contributed by atoms with Crippen LogP contribution in [0.3, 0.4) is 0 Å². The fourth-order valence-corrected chi connectivity index (χ4v) is 1.89. The molecule has 0 spiro atoms. The van der Waals surface area contributed by atoms with Gasteiger partial charge in [0.15, 0.2) is 0 Å². The summed E-state index contributed by atoms with van der Waals surface area (Å²) < 4.78 is 28.1. The quantitative estimate of drug-likeness (QED) is 0.641. The maximum absolute atomic E-state index is 10.6. The van der Waals surface area contributed by atoms with Crippen LogP contribution < -0.4 is 0 Å². The van der Waals surface area contributed by atoms with E-state index in [1.54, 1.807) is 13.8 Å². The van der Waals surface area contributed by atoms with Crippen molar-refractivity contribution >= 4 is 14.5 Å². The van der Waals surface area contributed by atoms with Crippen molar-refractivity contribution in [3.8, 4) is 0 Å². The molecule has 1 N–H and O–H groups in total. The first-order valence-electron chi connectivity index (χ1n) is 2.74. The molecule has 56 valence electrons. The molecular formula is C4H11AsO4. The zero-order chi connectivity index (χ0) is 7.33. The van der Waals surface area contributed by atoms with Gasteiger partial charge in [0.1, 0.15) is 0 Å². The molecule has 0 rings (SSSR count). The molecule has 0 atom stereocenters. The second-order valence-corrected chi connectivity index (χ2v) is 4.35. The summed E-state index contributed by atoms with van der Waals surface area (Å²) in [5, 5.41) is 0. The predicted octanol–water partition coefficient (Wildman–Crippen LogP) is -0.0822. The molecule has 0 saturated heterocycles. The van der Waals surface area contributed by atoms with Crippen LogP contribution in [0.1, 0.15) is 13.8 Å². The van der Waals surface area contributed by atoms with Crippen LogP contribution in [0.5, 0.6) is 0 Å². The fraction of sp³-hybridized carbons (Fsp3) is 1.00. The average molecular weight is 198 g/mol. The van der Waals surface area contributed by atoms with Gasteiger partial charge in [-0.25, -0.2) is 0 Å². The van der Waals surface area contributed by atoms with E-state index in [2.05, 4.69) is 7.45 Å².